The number of aromatic nitrogens is 1. The maximum absolute atomic E-state index is 12.8. The van der Waals surface area contributed by atoms with Gasteiger partial charge in [0.05, 0.1) is 5.52 Å². The van der Waals surface area contributed by atoms with Gasteiger partial charge in [-0.3, -0.25) is 4.79 Å². The molecule has 0 unspecified atom stereocenters. The van der Waals surface area contributed by atoms with Crippen LogP contribution < -0.4 is 10.2 Å². The lowest BCUT2D eigenvalue weighted by Gasteiger charge is -2.35. The summed E-state index contributed by atoms with van der Waals surface area (Å²) in [5, 5.41) is 5.38. The zero-order valence-corrected chi connectivity index (χ0v) is 20.2. The van der Waals surface area contributed by atoms with Gasteiger partial charge in [0.1, 0.15) is 5.82 Å². The second-order valence-corrected chi connectivity index (χ2v) is 9.25. The monoisotopic (exact) mass is 484 g/mol. The molecule has 7 heteroatoms. The highest BCUT2D eigenvalue weighted by Gasteiger charge is 2.30. The second-order valence-electron chi connectivity index (χ2n) is 8.82. The van der Waals surface area contributed by atoms with Crippen LogP contribution >= 0.6 is 24.0 Å². The minimum Gasteiger partial charge on any atom is -0.371 e. The molecule has 2 fully saturated rings. The molecule has 0 radical (unpaired) electrons. The summed E-state index contributed by atoms with van der Waals surface area (Å²) in [7, 11) is 0. The van der Waals surface area contributed by atoms with Crippen molar-refractivity contribution >= 4 is 52.3 Å². The van der Waals surface area contributed by atoms with E-state index >= 15 is 0 Å². The number of nitrogens with one attached hydrogen (secondary N) is 1. The van der Waals surface area contributed by atoms with Crippen molar-refractivity contribution in [2.24, 2.45) is 5.92 Å². The number of para-hydroxylation sites is 1. The smallest absolute Gasteiger partial charge is 0.225 e. The van der Waals surface area contributed by atoms with E-state index in [1.54, 1.807) is 0 Å². The fraction of sp³-hybridized carbons (Fsp3) is 0.385. The summed E-state index contributed by atoms with van der Waals surface area (Å²) in [6.45, 7) is 4.37. The molecule has 1 aromatic heterocycles. The van der Waals surface area contributed by atoms with Crippen LogP contribution in [0.15, 0.2) is 54.6 Å². The number of amides is 1. The largest absolute Gasteiger partial charge is 0.371 e. The van der Waals surface area contributed by atoms with Gasteiger partial charge in [-0.15, -0.1) is 12.4 Å². The van der Waals surface area contributed by atoms with Gasteiger partial charge < -0.3 is 15.1 Å². The third-order valence-electron chi connectivity index (χ3n) is 6.68. The van der Waals surface area contributed by atoms with Gasteiger partial charge in [0.2, 0.25) is 5.91 Å². The van der Waals surface area contributed by atoms with Crippen molar-refractivity contribution in [3.8, 4) is 0 Å². The van der Waals surface area contributed by atoms with Crippen molar-refractivity contribution in [1.82, 2.24) is 9.88 Å². The average Bonchev–Trinajstić information content (AvgIpc) is 3.38. The highest BCUT2D eigenvalue weighted by molar-refractivity contribution is 6.30. The van der Waals surface area contributed by atoms with Crippen LogP contribution in [-0.2, 0) is 11.3 Å². The Balaban J connectivity index is 0.00000259. The Morgan fingerprint density at radius 1 is 1.00 bits per heavy atom. The molecule has 33 heavy (non-hydrogen) atoms. The van der Waals surface area contributed by atoms with Crippen molar-refractivity contribution in [2.45, 2.75) is 32.2 Å². The van der Waals surface area contributed by atoms with E-state index in [2.05, 4.69) is 39.4 Å². The first kappa shape index (κ1) is 23.7. The molecule has 2 saturated heterocycles. The van der Waals surface area contributed by atoms with Crippen molar-refractivity contribution in [3.05, 3.63) is 65.2 Å². The third kappa shape index (κ3) is 5.36. The molecule has 3 heterocycles. The summed E-state index contributed by atoms with van der Waals surface area (Å²) < 4.78 is 0. The van der Waals surface area contributed by atoms with E-state index in [1.807, 2.05) is 30.3 Å². The summed E-state index contributed by atoms with van der Waals surface area (Å²) in [6.07, 6.45) is 4.14. The zero-order valence-electron chi connectivity index (χ0n) is 18.7. The maximum Gasteiger partial charge on any atom is 0.225 e. The summed E-state index contributed by atoms with van der Waals surface area (Å²) in [6, 6.07) is 18.3. The van der Waals surface area contributed by atoms with E-state index in [0.29, 0.717) is 12.5 Å². The number of piperidine rings is 1. The molecule has 0 aliphatic carbocycles. The average molecular weight is 485 g/mol. The molecule has 0 bridgehead atoms. The molecule has 3 aromatic rings. The minimum absolute atomic E-state index is 0. The lowest BCUT2D eigenvalue weighted by Crippen LogP contribution is -2.41. The van der Waals surface area contributed by atoms with E-state index in [-0.39, 0.29) is 18.3 Å². The lowest BCUT2D eigenvalue weighted by molar-refractivity contribution is -0.135. The van der Waals surface area contributed by atoms with Crippen LogP contribution in [0.25, 0.3) is 10.9 Å². The SMILES string of the molecule is Cl.O=C(C1CCN(c2cc(NCc3ccc(Cl)cc3)nc3ccccc23)CC1)N1CCCC1. The molecule has 5 nitrogen and oxygen atoms in total. The molecule has 0 saturated carbocycles. The number of hydrogen-bond donors (Lipinski definition) is 1. The molecule has 2 aliphatic heterocycles. The van der Waals surface area contributed by atoms with Crippen molar-refractivity contribution in [3.63, 3.8) is 0 Å². The Labute approximate surface area is 206 Å². The first-order valence-corrected chi connectivity index (χ1v) is 12.0. The Kier molecular flexibility index (Phi) is 7.61. The van der Waals surface area contributed by atoms with Gasteiger partial charge in [0.25, 0.3) is 0 Å². The van der Waals surface area contributed by atoms with Gasteiger partial charge in [0.15, 0.2) is 0 Å². The molecular formula is C26H30Cl2N4O. The van der Waals surface area contributed by atoms with Gasteiger partial charge >= 0.3 is 0 Å². The molecule has 1 amide bonds. The summed E-state index contributed by atoms with van der Waals surface area (Å²) >= 11 is 6.01. The van der Waals surface area contributed by atoms with Crippen molar-refractivity contribution < 1.29 is 4.79 Å². The number of pyridine rings is 1. The van der Waals surface area contributed by atoms with Gasteiger partial charge in [-0.2, -0.15) is 0 Å². The topological polar surface area (TPSA) is 48.5 Å². The number of rotatable bonds is 5. The number of likely N-dealkylation sites (tertiary alicyclic amines) is 1. The Hall–Kier alpha value is -2.50. The summed E-state index contributed by atoms with van der Waals surface area (Å²) in [5.41, 5.74) is 3.34. The zero-order chi connectivity index (χ0) is 21.9. The van der Waals surface area contributed by atoms with Gasteiger partial charge in [-0.25, -0.2) is 4.98 Å². The lowest BCUT2D eigenvalue weighted by atomic mass is 9.94. The molecule has 1 N–H and O–H groups in total. The number of anilines is 2. The number of fused-ring (bicyclic) bond motifs is 1. The van der Waals surface area contributed by atoms with Crippen molar-refractivity contribution in [2.75, 3.05) is 36.4 Å². The van der Waals surface area contributed by atoms with Crippen LogP contribution in [0.2, 0.25) is 5.02 Å². The number of nitrogens with zero attached hydrogens (tertiary/aromatic N) is 3. The molecule has 0 spiro atoms. The molecule has 2 aromatic carbocycles. The molecule has 174 valence electrons. The predicted molar refractivity (Wildman–Crippen MR) is 139 cm³/mol. The predicted octanol–water partition coefficient (Wildman–Crippen LogP) is 5.76. The first-order valence-electron chi connectivity index (χ1n) is 11.6. The van der Waals surface area contributed by atoms with Crippen LogP contribution in [-0.4, -0.2) is 42.0 Å². The Bertz CT molecular complexity index is 1090. The van der Waals surface area contributed by atoms with Gasteiger partial charge in [-0.05, 0) is 49.4 Å². The number of halogens is 2. The number of carbonyl (C=O) groups is 1. The van der Waals surface area contributed by atoms with Crippen LogP contribution in [0, 0.1) is 5.92 Å². The quantitative estimate of drug-likeness (QED) is 0.499. The van der Waals surface area contributed by atoms with Crippen LogP contribution in [0.3, 0.4) is 0 Å². The third-order valence-corrected chi connectivity index (χ3v) is 6.94. The number of benzene rings is 2. The molecule has 5 rings (SSSR count). The van der Waals surface area contributed by atoms with Gasteiger partial charge in [0, 0.05) is 60.8 Å². The molecule has 0 atom stereocenters. The normalized spacial score (nSPS) is 16.6. The van der Waals surface area contributed by atoms with E-state index < -0.39 is 0 Å². The van der Waals surface area contributed by atoms with Crippen LogP contribution in [0.5, 0.6) is 0 Å². The number of carbonyl (C=O) groups excluding carboxylic acids is 1. The summed E-state index contributed by atoms with van der Waals surface area (Å²) in [4.78, 5) is 22.2. The Morgan fingerprint density at radius 2 is 1.70 bits per heavy atom. The standard InChI is InChI=1S/C26H29ClN4O.ClH/c27-21-9-7-19(8-10-21)18-28-25-17-24(22-5-1-2-6-23(22)29-25)30-15-11-20(12-16-30)26(32)31-13-3-4-14-31;/h1-2,5-10,17,20H,3-4,11-16,18H2,(H,28,29);1H. The minimum atomic E-state index is 0. The molecule has 2 aliphatic rings. The molecular weight excluding hydrogens is 455 g/mol. The fourth-order valence-electron chi connectivity index (χ4n) is 4.87. The highest BCUT2D eigenvalue weighted by Crippen LogP contribution is 2.32. The van der Waals surface area contributed by atoms with Crippen molar-refractivity contribution in [1.29, 1.82) is 0 Å². The van der Waals surface area contributed by atoms with E-state index in [1.165, 1.54) is 5.69 Å². The fourth-order valence-corrected chi connectivity index (χ4v) is 4.99. The second kappa shape index (κ2) is 10.6. The van der Waals surface area contributed by atoms with Crippen LogP contribution in [0.4, 0.5) is 11.5 Å². The van der Waals surface area contributed by atoms with Crippen LogP contribution in [0.1, 0.15) is 31.2 Å². The highest BCUT2D eigenvalue weighted by atomic mass is 35.5. The van der Waals surface area contributed by atoms with Gasteiger partial charge in [-0.1, -0.05) is 41.9 Å². The maximum atomic E-state index is 12.8. The van der Waals surface area contributed by atoms with E-state index in [0.717, 1.165) is 79.2 Å². The number of hydrogen-bond acceptors (Lipinski definition) is 4. The Morgan fingerprint density at radius 3 is 2.42 bits per heavy atom. The van der Waals surface area contributed by atoms with E-state index in [4.69, 9.17) is 16.6 Å². The summed E-state index contributed by atoms with van der Waals surface area (Å²) in [5.74, 6) is 1.40. The van der Waals surface area contributed by atoms with E-state index in [9.17, 15) is 4.79 Å². The first-order chi connectivity index (χ1) is 15.7.